The molecule has 2 saturated heterocycles. The van der Waals surface area contributed by atoms with Crippen LogP contribution >= 0.6 is 0 Å². The summed E-state index contributed by atoms with van der Waals surface area (Å²) in [6.07, 6.45) is 6.24. The van der Waals surface area contributed by atoms with E-state index in [1.807, 2.05) is 68.5 Å². The maximum atomic E-state index is 15.2. The summed E-state index contributed by atoms with van der Waals surface area (Å²) in [5, 5.41) is 22.4. The van der Waals surface area contributed by atoms with Gasteiger partial charge in [-0.05, 0) is 36.5 Å². The highest BCUT2D eigenvalue weighted by molar-refractivity contribution is 5.99. The fraction of sp³-hybridized carbons (Fsp3) is 0.487. The molecule has 0 saturated carbocycles. The van der Waals surface area contributed by atoms with Gasteiger partial charge in [-0.3, -0.25) is 19.2 Å². The molecule has 1 spiro atoms. The first-order valence-electron chi connectivity index (χ1n) is 18.2. The van der Waals surface area contributed by atoms with Crippen molar-refractivity contribution in [3.8, 4) is 0 Å². The zero-order valence-corrected chi connectivity index (χ0v) is 30.1. The van der Waals surface area contributed by atoms with Crippen molar-refractivity contribution in [3.63, 3.8) is 0 Å². The number of benzene rings is 2. The number of esters is 1. The first-order chi connectivity index (χ1) is 25.7. The normalized spacial score (nSPS) is 30.2. The molecule has 14 nitrogen and oxygen atoms in total. The monoisotopic (exact) mass is 726 g/mol. The molecule has 53 heavy (non-hydrogen) atoms. The van der Waals surface area contributed by atoms with E-state index in [0.717, 1.165) is 0 Å². The van der Waals surface area contributed by atoms with Gasteiger partial charge >= 0.3 is 5.97 Å². The molecule has 2 N–H and O–H groups in total. The van der Waals surface area contributed by atoms with Gasteiger partial charge in [-0.25, -0.2) is 4.68 Å². The van der Waals surface area contributed by atoms with E-state index in [2.05, 4.69) is 15.6 Å². The van der Waals surface area contributed by atoms with Gasteiger partial charge in [0, 0.05) is 20.1 Å². The minimum Gasteiger partial charge on any atom is -0.455 e. The molecule has 5 bridgehead atoms. The minimum atomic E-state index is -1.50. The van der Waals surface area contributed by atoms with Crippen molar-refractivity contribution in [1.29, 1.82) is 0 Å². The third-order valence-electron chi connectivity index (χ3n) is 10.7. The van der Waals surface area contributed by atoms with Crippen molar-refractivity contribution in [3.05, 3.63) is 84.5 Å². The number of likely N-dealkylation sites (tertiary alicyclic amines) is 1. The van der Waals surface area contributed by atoms with Gasteiger partial charge in [0.25, 0.3) is 5.91 Å². The van der Waals surface area contributed by atoms with Crippen molar-refractivity contribution in [2.24, 2.45) is 17.8 Å². The van der Waals surface area contributed by atoms with Gasteiger partial charge in [-0.2, -0.15) is 0 Å². The largest absolute Gasteiger partial charge is 0.455 e. The second-order valence-corrected chi connectivity index (χ2v) is 14.6. The van der Waals surface area contributed by atoms with Crippen molar-refractivity contribution >= 4 is 34.7 Å². The van der Waals surface area contributed by atoms with E-state index in [9.17, 15) is 19.5 Å². The van der Waals surface area contributed by atoms with Crippen LogP contribution in [0.1, 0.15) is 44.8 Å². The number of fused-ring (bicyclic) bond motifs is 3. The molecule has 2 fully saturated rings. The number of ether oxygens (including phenoxy) is 3. The maximum absolute atomic E-state index is 15.2. The SMILES string of the molecule is COC[C@H]1NC(=O)CC/C=C\CN(Cn2nnc3ccccc32)C(=O)[C@@H]2N([C@@H](CO)CC(C)C)C(=O)[C@H]3[C@H](C(=O)O[C@@H]1c1ccccc1)[C@@H]1C=C[C@]23O1. The molecular weight excluding hydrogens is 680 g/mol. The number of para-hydroxylation sites is 1. The van der Waals surface area contributed by atoms with Crippen LogP contribution in [0.2, 0.25) is 0 Å². The van der Waals surface area contributed by atoms with Gasteiger partial charge in [-0.1, -0.05) is 85.8 Å². The number of aliphatic hydroxyl groups excluding tert-OH is 1. The summed E-state index contributed by atoms with van der Waals surface area (Å²) >= 11 is 0. The van der Waals surface area contributed by atoms with Gasteiger partial charge in [0.1, 0.15) is 35.9 Å². The van der Waals surface area contributed by atoms with Crippen molar-refractivity contribution in [2.45, 2.75) is 75.7 Å². The Kier molecular flexibility index (Phi) is 10.5. The second kappa shape index (κ2) is 15.2. The van der Waals surface area contributed by atoms with Crippen LogP contribution < -0.4 is 5.32 Å². The lowest BCUT2D eigenvalue weighted by Crippen LogP contribution is -2.58. The molecule has 1 aromatic heterocycles. The number of aromatic nitrogens is 3. The molecule has 8 atom stereocenters. The number of aliphatic hydroxyl groups is 1. The van der Waals surface area contributed by atoms with Crippen LogP contribution in [0, 0.1) is 17.8 Å². The van der Waals surface area contributed by atoms with Crippen LogP contribution in [0.5, 0.6) is 0 Å². The summed E-state index contributed by atoms with van der Waals surface area (Å²) in [5.74, 6) is -3.98. The number of hydrogen-bond acceptors (Lipinski definition) is 10. The minimum absolute atomic E-state index is 0.00646. The molecule has 3 amide bonds. The van der Waals surface area contributed by atoms with E-state index in [0.29, 0.717) is 29.4 Å². The topological polar surface area (TPSA) is 165 Å². The van der Waals surface area contributed by atoms with Crippen molar-refractivity contribution in [1.82, 2.24) is 30.1 Å². The summed E-state index contributed by atoms with van der Waals surface area (Å²) in [4.78, 5) is 60.9. The number of allylic oxidation sites excluding steroid dienone is 1. The quantitative estimate of drug-likeness (QED) is 0.247. The number of cyclic esters (lactones) is 1. The van der Waals surface area contributed by atoms with E-state index in [-0.39, 0.29) is 44.7 Å². The number of rotatable bonds is 9. The molecule has 0 radical (unpaired) electrons. The second-order valence-electron chi connectivity index (χ2n) is 14.6. The van der Waals surface area contributed by atoms with E-state index in [1.54, 1.807) is 33.9 Å². The smallest absolute Gasteiger partial charge is 0.313 e. The Hall–Kier alpha value is -4.92. The molecule has 4 aliphatic rings. The van der Waals surface area contributed by atoms with Crippen LogP contribution in [0.15, 0.2) is 78.9 Å². The van der Waals surface area contributed by atoms with E-state index in [4.69, 9.17) is 14.2 Å². The molecule has 0 unspecified atom stereocenters. The highest BCUT2D eigenvalue weighted by Gasteiger charge is 2.74. The fourth-order valence-electron chi connectivity index (χ4n) is 8.37. The summed E-state index contributed by atoms with van der Waals surface area (Å²) in [5.41, 5.74) is 0.502. The molecule has 4 aliphatic heterocycles. The average molecular weight is 727 g/mol. The molecule has 14 heteroatoms. The Bertz CT molecular complexity index is 1900. The maximum Gasteiger partial charge on any atom is 0.313 e. The molecule has 280 valence electrons. The summed E-state index contributed by atoms with van der Waals surface area (Å²) in [6, 6.07) is 13.8. The van der Waals surface area contributed by atoms with Gasteiger partial charge in [0.2, 0.25) is 11.8 Å². The van der Waals surface area contributed by atoms with E-state index in [1.165, 1.54) is 12.0 Å². The van der Waals surface area contributed by atoms with Gasteiger partial charge < -0.3 is 34.4 Å². The lowest BCUT2D eigenvalue weighted by Gasteiger charge is -2.39. The first-order valence-corrected chi connectivity index (χ1v) is 18.2. The number of nitrogens with one attached hydrogen (secondary N) is 1. The number of carbonyl (C=O) groups excluding carboxylic acids is 4. The molecule has 5 heterocycles. The summed E-state index contributed by atoms with van der Waals surface area (Å²) < 4.78 is 20.1. The number of methoxy groups -OCH3 is 1. The predicted molar refractivity (Wildman–Crippen MR) is 191 cm³/mol. The Morgan fingerprint density at radius 2 is 1.81 bits per heavy atom. The summed E-state index contributed by atoms with van der Waals surface area (Å²) in [7, 11) is 1.51. The molecule has 7 rings (SSSR count). The average Bonchev–Trinajstić information content (AvgIpc) is 3.91. The Labute approximate surface area is 307 Å². The molecule has 2 aromatic carbocycles. The Morgan fingerprint density at radius 1 is 1.04 bits per heavy atom. The standard InChI is InChI=1S/C39H46N6O8/c1-24(2)20-26(21-46)45-35-37(49)43(23-44-29-15-10-9-14-27(29)41-42-44)19-11-5-8-16-31(47)40-28(22-51-3)34(25-12-6-4-7-13-25)52-38(50)32-30-17-18-39(35,53-30)33(32)36(45)48/h4-7,9-15,17-18,24,26,28,30,32-35,46H,8,16,19-23H2,1-3H3,(H,40,47)/b11-5-/t26-,28-,30+,32-,33-,34-,35+,39-/m1/s1. The fourth-order valence-corrected chi connectivity index (χ4v) is 8.37. The number of hydrogen-bond donors (Lipinski definition) is 2. The lowest BCUT2D eigenvalue weighted by atomic mass is 9.74. The number of nitrogens with zero attached hydrogens (tertiary/aromatic N) is 5. The predicted octanol–water partition coefficient (Wildman–Crippen LogP) is 2.54. The van der Waals surface area contributed by atoms with Crippen LogP contribution in [-0.2, 0) is 40.1 Å². The van der Waals surface area contributed by atoms with Gasteiger partial charge in [0.15, 0.2) is 0 Å². The van der Waals surface area contributed by atoms with Gasteiger partial charge in [-0.15, -0.1) is 5.10 Å². The van der Waals surface area contributed by atoms with E-state index >= 15 is 4.79 Å². The molecule has 3 aromatic rings. The van der Waals surface area contributed by atoms with Crippen LogP contribution in [-0.4, -0.2) is 110 Å². The Morgan fingerprint density at radius 3 is 2.57 bits per heavy atom. The highest BCUT2D eigenvalue weighted by Crippen LogP contribution is 2.56. The van der Waals surface area contributed by atoms with Crippen LogP contribution in [0.3, 0.4) is 0 Å². The zero-order valence-electron chi connectivity index (χ0n) is 30.1. The van der Waals surface area contributed by atoms with Gasteiger partial charge in [0.05, 0.1) is 42.8 Å². The first kappa shape index (κ1) is 36.4. The molecular formula is C39H46N6O8. The number of amides is 3. The highest BCUT2D eigenvalue weighted by atomic mass is 16.6. The van der Waals surface area contributed by atoms with Crippen molar-refractivity contribution < 1.29 is 38.5 Å². The summed E-state index contributed by atoms with van der Waals surface area (Å²) in [6.45, 7) is 3.74. The van der Waals surface area contributed by atoms with Crippen molar-refractivity contribution in [2.75, 3.05) is 26.9 Å². The third kappa shape index (κ3) is 6.75. The zero-order chi connectivity index (χ0) is 37.3. The molecule has 0 aliphatic carbocycles. The number of carbonyl (C=O) groups is 4. The Balaban J connectivity index is 1.33. The third-order valence-corrected chi connectivity index (χ3v) is 10.7. The van der Waals surface area contributed by atoms with Crippen LogP contribution in [0.4, 0.5) is 0 Å². The lowest BCUT2D eigenvalue weighted by molar-refractivity contribution is -0.163. The van der Waals surface area contributed by atoms with Crippen LogP contribution in [0.25, 0.3) is 11.0 Å². The van der Waals surface area contributed by atoms with E-state index < -0.39 is 65.6 Å².